The lowest BCUT2D eigenvalue weighted by molar-refractivity contribution is -0.161. The zero-order chi connectivity index (χ0) is 31.5. The molecule has 0 aromatic heterocycles. The highest BCUT2D eigenvalue weighted by Crippen LogP contribution is 2.31. The molecule has 2 N–H and O–H groups in total. The lowest BCUT2D eigenvalue weighted by Gasteiger charge is -2.24. The van der Waals surface area contributed by atoms with Crippen LogP contribution < -0.4 is 15.2 Å². The molecular weight excluding hydrogens is 546 g/mol. The Kier molecular flexibility index (Phi) is 13.1. The van der Waals surface area contributed by atoms with E-state index in [0.717, 1.165) is 32.1 Å². The average molecular weight is 594 g/mol. The summed E-state index contributed by atoms with van der Waals surface area (Å²) in [6.45, 7) is 12.2. The Bertz CT molecular complexity index is 1080. The number of nitrogens with two attached hydrogens (primary N) is 1. The van der Waals surface area contributed by atoms with Crippen molar-refractivity contribution in [2.24, 2.45) is 11.7 Å². The molecule has 1 aliphatic carbocycles. The zero-order valence-corrected chi connectivity index (χ0v) is 26.0. The normalized spacial score (nSPS) is 15.6. The number of hydrogen-bond acceptors (Lipinski definition) is 11. The first kappa shape index (κ1) is 34.9. The molecule has 2 atom stereocenters. The Labute approximate surface area is 248 Å². The van der Waals surface area contributed by atoms with Crippen LogP contribution in [0.3, 0.4) is 0 Å². The van der Waals surface area contributed by atoms with E-state index in [1.807, 2.05) is 13.8 Å². The van der Waals surface area contributed by atoms with E-state index in [2.05, 4.69) is 0 Å². The molecule has 11 nitrogen and oxygen atoms in total. The van der Waals surface area contributed by atoms with Gasteiger partial charge in [0.05, 0.1) is 5.92 Å². The van der Waals surface area contributed by atoms with E-state index in [9.17, 15) is 19.2 Å². The van der Waals surface area contributed by atoms with Crippen molar-refractivity contribution in [2.45, 2.75) is 123 Å². The third kappa shape index (κ3) is 11.9. The number of carbonyl (C=O) groups excluding carboxylic acids is 4. The molecule has 1 saturated carbocycles. The topological polar surface area (TPSA) is 150 Å². The zero-order valence-electron chi connectivity index (χ0n) is 26.0. The molecule has 11 heteroatoms. The second-order valence-electron chi connectivity index (χ2n) is 11.9. The molecule has 0 amide bonds. The Balaban J connectivity index is 2.06. The maximum atomic E-state index is 12.7. The van der Waals surface area contributed by atoms with Gasteiger partial charge in [-0.05, 0) is 84.4 Å². The van der Waals surface area contributed by atoms with Gasteiger partial charge in [-0.1, -0.05) is 39.2 Å². The van der Waals surface area contributed by atoms with Gasteiger partial charge in [0.2, 0.25) is 0 Å². The predicted molar refractivity (Wildman–Crippen MR) is 154 cm³/mol. The summed E-state index contributed by atoms with van der Waals surface area (Å²) in [5.41, 5.74) is 5.06. The van der Waals surface area contributed by atoms with Gasteiger partial charge < -0.3 is 34.2 Å². The summed E-state index contributed by atoms with van der Waals surface area (Å²) in [4.78, 5) is 49.9. The molecule has 2 rings (SSSR count). The van der Waals surface area contributed by atoms with Crippen molar-refractivity contribution in [3.05, 3.63) is 23.8 Å². The fourth-order valence-electron chi connectivity index (χ4n) is 3.97. The van der Waals surface area contributed by atoms with E-state index >= 15 is 0 Å². The Hall–Kier alpha value is -3.34. The van der Waals surface area contributed by atoms with Crippen LogP contribution >= 0.6 is 0 Å². The van der Waals surface area contributed by atoms with Gasteiger partial charge in [0.1, 0.15) is 30.0 Å². The van der Waals surface area contributed by atoms with Crippen LogP contribution in [-0.4, -0.2) is 54.2 Å². The summed E-state index contributed by atoms with van der Waals surface area (Å²) >= 11 is 0. The van der Waals surface area contributed by atoms with Gasteiger partial charge in [0.15, 0.2) is 11.5 Å². The minimum absolute atomic E-state index is 0.0207. The summed E-state index contributed by atoms with van der Waals surface area (Å²) in [6, 6.07) is 3.34. The first-order valence-electron chi connectivity index (χ1n) is 14.7. The van der Waals surface area contributed by atoms with Crippen LogP contribution in [0.25, 0.3) is 0 Å². The molecule has 0 radical (unpaired) electrons. The van der Waals surface area contributed by atoms with Crippen LogP contribution in [0.5, 0.6) is 11.5 Å². The molecule has 0 heterocycles. The highest BCUT2D eigenvalue weighted by molar-refractivity contribution is 5.76. The van der Waals surface area contributed by atoms with Crippen LogP contribution in [0.15, 0.2) is 18.2 Å². The van der Waals surface area contributed by atoms with E-state index in [-0.39, 0.29) is 36.4 Å². The van der Waals surface area contributed by atoms with Crippen LogP contribution in [0.4, 0.5) is 9.59 Å². The fourth-order valence-corrected chi connectivity index (χ4v) is 3.97. The van der Waals surface area contributed by atoms with Crippen LogP contribution in [-0.2, 0) is 35.0 Å². The first-order valence-corrected chi connectivity index (χ1v) is 14.7. The second-order valence-corrected chi connectivity index (χ2v) is 11.9. The Morgan fingerprint density at radius 1 is 0.881 bits per heavy atom. The van der Waals surface area contributed by atoms with Crippen molar-refractivity contribution in [1.29, 1.82) is 0 Å². The molecule has 1 aromatic carbocycles. The second kappa shape index (κ2) is 15.8. The number of rotatable bonds is 13. The maximum absolute atomic E-state index is 12.7. The van der Waals surface area contributed by atoms with E-state index in [1.54, 1.807) is 40.7 Å². The first-order chi connectivity index (χ1) is 19.6. The lowest BCUT2D eigenvalue weighted by Crippen LogP contribution is -2.37. The van der Waals surface area contributed by atoms with E-state index in [4.69, 9.17) is 34.2 Å². The van der Waals surface area contributed by atoms with Gasteiger partial charge >= 0.3 is 24.2 Å². The molecule has 0 bridgehead atoms. The van der Waals surface area contributed by atoms with Gasteiger partial charge in [0.25, 0.3) is 0 Å². The summed E-state index contributed by atoms with van der Waals surface area (Å²) in [5.74, 6) is -1.24. The van der Waals surface area contributed by atoms with Crippen molar-refractivity contribution < 1.29 is 47.6 Å². The third-order valence-corrected chi connectivity index (χ3v) is 7.29. The highest BCUT2D eigenvalue weighted by Gasteiger charge is 2.27. The molecule has 1 aliphatic rings. The van der Waals surface area contributed by atoms with Crippen molar-refractivity contribution in [2.75, 3.05) is 6.61 Å². The van der Waals surface area contributed by atoms with Gasteiger partial charge in [-0.3, -0.25) is 9.59 Å². The SMILES string of the molecule is CCC(C)(C)OC(=O)Oc1ccc(C[C@H](N)C(=O)O[C@@H](C)COC(=O)C2CCCCC2)cc1OC(=O)OC(C)(C)CC. The third-order valence-electron chi connectivity index (χ3n) is 7.29. The van der Waals surface area contributed by atoms with Gasteiger partial charge in [-0.2, -0.15) is 0 Å². The molecule has 0 aliphatic heterocycles. The van der Waals surface area contributed by atoms with Crippen molar-refractivity contribution in [3.8, 4) is 11.5 Å². The van der Waals surface area contributed by atoms with Crippen LogP contribution in [0.1, 0.15) is 99.0 Å². The predicted octanol–water partition coefficient (Wildman–Crippen LogP) is 6.02. The maximum Gasteiger partial charge on any atom is 0.514 e. The number of esters is 2. The van der Waals surface area contributed by atoms with Crippen molar-refractivity contribution in [3.63, 3.8) is 0 Å². The number of ether oxygens (including phenoxy) is 6. The largest absolute Gasteiger partial charge is 0.514 e. The Morgan fingerprint density at radius 2 is 1.43 bits per heavy atom. The molecule has 42 heavy (non-hydrogen) atoms. The van der Waals surface area contributed by atoms with Crippen molar-refractivity contribution in [1.82, 2.24) is 0 Å². The molecule has 1 fully saturated rings. The average Bonchev–Trinajstić information content (AvgIpc) is 2.92. The van der Waals surface area contributed by atoms with Gasteiger partial charge in [-0.25, -0.2) is 9.59 Å². The number of carbonyl (C=O) groups is 4. The standard InChI is InChI=1S/C31H47NO10/c1-8-30(4,5)41-28(35)39-24-16-15-21(18-25(24)40-29(36)42-31(6,7)9-2)17-23(32)27(34)38-20(3)19-37-26(33)22-13-11-10-12-14-22/h15-16,18,20,22-23H,8-14,17,19,32H2,1-7H3/t20-,23-/m0/s1. The van der Waals surface area contributed by atoms with Crippen LogP contribution in [0, 0.1) is 5.92 Å². The van der Waals surface area contributed by atoms with E-state index in [1.165, 1.54) is 12.1 Å². The van der Waals surface area contributed by atoms with E-state index < -0.39 is 41.6 Å². The van der Waals surface area contributed by atoms with Crippen LogP contribution in [0.2, 0.25) is 0 Å². The summed E-state index contributed by atoms with van der Waals surface area (Å²) < 4.78 is 32.2. The van der Waals surface area contributed by atoms with Gasteiger partial charge in [-0.15, -0.1) is 0 Å². The molecule has 0 unspecified atom stereocenters. The summed E-state index contributed by atoms with van der Waals surface area (Å²) in [7, 11) is 0. The number of hydrogen-bond donors (Lipinski definition) is 1. The minimum atomic E-state index is -1.07. The molecule has 236 valence electrons. The van der Waals surface area contributed by atoms with Gasteiger partial charge in [0, 0.05) is 0 Å². The molecular formula is C31H47NO10. The summed E-state index contributed by atoms with van der Waals surface area (Å²) in [6.07, 6.45) is 3.26. The quantitative estimate of drug-likeness (QED) is 0.162. The fraction of sp³-hybridized carbons (Fsp3) is 0.677. The smallest absolute Gasteiger partial charge is 0.462 e. The molecule has 0 spiro atoms. The minimum Gasteiger partial charge on any atom is -0.462 e. The van der Waals surface area contributed by atoms with E-state index in [0.29, 0.717) is 18.4 Å². The molecule has 1 aromatic rings. The lowest BCUT2D eigenvalue weighted by atomic mass is 9.89. The monoisotopic (exact) mass is 593 g/mol. The number of benzene rings is 1. The Morgan fingerprint density at radius 3 is 1.98 bits per heavy atom. The molecule has 0 saturated heterocycles. The van der Waals surface area contributed by atoms with Crippen molar-refractivity contribution >= 4 is 24.2 Å². The summed E-state index contributed by atoms with van der Waals surface area (Å²) in [5, 5.41) is 0. The highest BCUT2D eigenvalue weighted by atomic mass is 16.8.